The quantitative estimate of drug-likeness (QED) is 0.724. The normalized spacial score (nSPS) is 14.8. The lowest BCUT2D eigenvalue weighted by atomic mass is 9.94. The zero-order chi connectivity index (χ0) is 11.5. The molecule has 0 aliphatic carbocycles. The standard InChI is InChI=1S/C13H16ClNO/c1-2-10-4-3-5-11-6-7-15(9-12(10)11)13(16)8-14/h3-5H,2,6-9H2,1H3. The number of nitrogens with zero attached hydrogens (tertiary/aromatic N) is 1. The summed E-state index contributed by atoms with van der Waals surface area (Å²) in [5, 5.41) is 0. The van der Waals surface area contributed by atoms with Crippen molar-refractivity contribution in [2.24, 2.45) is 0 Å². The Hall–Kier alpha value is -1.02. The molecule has 0 bridgehead atoms. The summed E-state index contributed by atoms with van der Waals surface area (Å²) in [5.74, 6) is 0.127. The molecule has 16 heavy (non-hydrogen) atoms. The maximum Gasteiger partial charge on any atom is 0.237 e. The Balaban J connectivity index is 2.27. The van der Waals surface area contributed by atoms with Gasteiger partial charge in [0.25, 0.3) is 0 Å². The molecule has 0 unspecified atom stereocenters. The van der Waals surface area contributed by atoms with E-state index < -0.39 is 0 Å². The van der Waals surface area contributed by atoms with Gasteiger partial charge in [0.1, 0.15) is 5.88 Å². The maximum absolute atomic E-state index is 11.6. The second kappa shape index (κ2) is 4.88. The van der Waals surface area contributed by atoms with Gasteiger partial charge in [-0.2, -0.15) is 0 Å². The van der Waals surface area contributed by atoms with E-state index in [1.165, 1.54) is 16.7 Å². The molecule has 86 valence electrons. The third-order valence-corrected chi connectivity index (χ3v) is 3.45. The molecule has 0 atom stereocenters. The molecule has 1 heterocycles. The van der Waals surface area contributed by atoms with Crippen LogP contribution in [0.25, 0.3) is 0 Å². The Bertz CT molecular complexity index is 389. The van der Waals surface area contributed by atoms with E-state index in [1.807, 2.05) is 4.90 Å². The summed E-state index contributed by atoms with van der Waals surface area (Å²) in [6.07, 6.45) is 1.97. The summed E-state index contributed by atoms with van der Waals surface area (Å²) in [6.45, 7) is 3.68. The first-order valence-electron chi connectivity index (χ1n) is 5.69. The van der Waals surface area contributed by atoms with E-state index in [-0.39, 0.29) is 11.8 Å². The number of aryl methyl sites for hydroxylation is 1. The van der Waals surface area contributed by atoms with Crippen molar-refractivity contribution in [2.75, 3.05) is 12.4 Å². The molecule has 0 spiro atoms. The van der Waals surface area contributed by atoms with Crippen molar-refractivity contribution >= 4 is 17.5 Å². The molecule has 0 fully saturated rings. The van der Waals surface area contributed by atoms with Gasteiger partial charge in [0, 0.05) is 13.1 Å². The highest BCUT2D eigenvalue weighted by atomic mass is 35.5. The van der Waals surface area contributed by atoms with Crippen LogP contribution in [-0.2, 0) is 24.2 Å². The molecule has 0 aromatic heterocycles. The van der Waals surface area contributed by atoms with Crippen molar-refractivity contribution in [3.63, 3.8) is 0 Å². The average Bonchev–Trinajstić information content (AvgIpc) is 2.36. The van der Waals surface area contributed by atoms with Crippen LogP contribution in [-0.4, -0.2) is 23.2 Å². The zero-order valence-corrected chi connectivity index (χ0v) is 10.3. The first-order chi connectivity index (χ1) is 7.76. The van der Waals surface area contributed by atoms with Gasteiger partial charge in [0.05, 0.1) is 0 Å². The first kappa shape index (κ1) is 11.5. The van der Waals surface area contributed by atoms with E-state index in [4.69, 9.17) is 11.6 Å². The fraction of sp³-hybridized carbons (Fsp3) is 0.462. The minimum Gasteiger partial charge on any atom is -0.337 e. The summed E-state index contributed by atoms with van der Waals surface area (Å²) >= 11 is 5.59. The molecule has 1 amide bonds. The van der Waals surface area contributed by atoms with Crippen molar-refractivity contribution in [1.29, 1.82) is 0 Å². The number of fused-ring (bicyclic) bond motifs is 1. The largest absolute Gasteiger partial charge is 0.337 e. The van der Waals surface area contributed by atoms with E-state index in [2.05, 4.69) is 25.1 Å². The monoisotopic (exact) mass is 237 g/mol. The molecular weight excluding hydrogens is 222 g/mol. The number of halogens is 1. The van der Waals surface area contributed by atoms with Crippen LogP contribution in [0.2, 0.25) is 0 Å². The molecule has 1 aromatic rings. The summed E-state index contributed by atoms with van der Waals surface area (Å²) in [5.41, 5.74) is 4.07. The van der Waals surface area contributed by atoms with Gasteiger partial charge < -0.3 is 4.90 Å². The van der Waals surface area contributed by atoms with Crippen LogP contribution < -0.4 is 0 Å². The van der Waals surface area contributed by atoms with Gasteiger partial charge in [0.2, 0.25) is 5.91 Å². The number of carbonyl (C=O) groups excluding carboxylic acids is 1. The third-order valence-electron chi connectivity index (χ3n) is 3.22. The van der Waals surface area contributed by atoms with E-state index in [0.717, 1.165) is 25.9 Å². The topological polar surface area (TPSA) is 20.3 Å². The highest BCUT2D eigenvalue weighted by Gasteiger charge is 2.21. The molecule has 3 heteroatoms. The lowest BCUT2D eigenvalue weighted by Crippen LogP contribution is -2.37. The van der Waals surface area contributed by atoms with Crippen LogP contribution in [0.1, 0.15) is 23.6 Å². The van der Waals surface area contributed by atoms with Gasteiger partial charge >= 0.3 is 0 Å². The second-order valence-corrected chi connectivity index (χ2v) is 4.37. The van der Waals surface area contributed by atoms with Crippen molar-refractivity contribution in [3.05, 3.63) is 34.9 Å². The molecule has 0 saturated heterocycles. The Morgan fingerprint density at radius 2 is 2.31 bits per heavy atom. The molecule has 1 aliphatic heterocycles. The van der Waals surface area contributed by atoms with Crippen LogP contribution in [0, 0.1) is 0 Å². The lowest BCUT2D eigenvalue weighted by molar-refractivity contribution is -0.129. The number of benzene rings is 1. The number of hydrogen-bond acceptors (Lipinski definition) is 1. The number of alkyl halides is 1. The van der Waals surface area contributed by atoms with Crippen molar-refractivity contribution in [2.45, 2.75) is 26.3 Å². The second-order valence-electron chi connectivity index (χ2n) is 4.11. The fourth-order valence-corrected chi connectivity index (χ4v) is 2.45. The molecule has 0 saturated carbocycles. The molecule has 1 aromatic carbocycles. The van der Waals surface area contributed by atoms with Gasteiger partial charge in [0.15, 0.2) is 0 Å². The van der Waals surface area contributed by atoms with E-state index in [1.54, 1.807) is 0 Å². The lowest BCUT2D eigenvalue weighted by Gasteiger charge is -2.29. The Kier molecular flexibility index (Phi) is 3.49. The Labute approximate surface area is 101 Å². The van der Waals surface area contributed by atoms with Crippen molar-refractivity contribution in [1.82, 2.24) is 4.90 Å². The summed E-state index contributed by atoms with van der Waals surface area (Å²) in [7, 11) is 0. The summed E-state index contributed by atoms with van der Waals surface area (Å²) < 4.78 is 0. The van der Waals surface area contributed by atoms with Crippen LogP contribution >= 0.6 is 11.6 Å². The van der Waals surface area contributed by atoms with Crippen molar-refractivity contribution in [3.8, 4) is 0 Å². The number of amides is 1. The van der Waals surface area contributed by atoms with E-state index in [9.17, 15) is 4.79 Å². The molecular formula is C13H16ClNO. The summed E-state index contributed by atoms with van der Waals surface area (Å²) in [4.78, 5) is 13.4. The molecule has 0 N–H and O–H groups in total. The van der Waals surface area contributed by atoms with Crippen LogP contribution in [0.3, 0.4) is 0 Å². The highest BCUT2D eigenvalue weighted by Crippen LogP contribution is 2.23. The molecule has 1 aliphatic rings. The zero-order valence-electron chi connectivity index (χ0n) is 9.50. The SMILES string of the molecule is CCc1cccc2c1CN(C(=O)CCl)CC2. The number of carbonyl (C=O) groups is 1. The minimum absolute atomic E-state index is 0.0400. The average molecular weight is 238 g/mol. The third kappa shape index (κ3) is 2.07. The van der Waals surface area contributed by atoms with Crippen LogP contribution in [0.5, 0.6) is 0 Å². The molecule has 2 rings (SSSR count). The number of hydrogen-bond donors (Lipinski definition) is 0. The predicted octanol–water partition coefficient (Wildman–Crippen LogP) is 2.37. The summed E-state index contributed by atoms with van der Waals surface area (Å²) in [6, 6.07) is 6.42. The smallest absolute Gasteiger partial charge is 0.237 e. The Morgan fingerprint density at radius 3 is 3.00 bits per heavy atom. The fourth-order valence-electron chi connectivity index (χ4n) is 2.28. The predicted molar refractivity (Wildman–Crippen MR) is 65.7 cm³/mol. The minimum atomic E-state index is 0.0400. The van der Waals surface area contributed by atoms with Gasteiger partial charge in [-0.1, -0.05) is 25.1 Å². The highest BCUT2D eigenvalue weighted by molar-refractivity contribution is 6.27. The van der Waals surface area contributed by atoms with Crippen LogP contribution in [0.4, 0.5) is 0 Å². The van der Waals surface area contributed by atoms with E-state index >= 15 is 0 Å². The van der Waals surface area contributed by atoms with E-state index in [0.29, 0.717) is 0 Å². The number of rotatable bonds is 2. The van der Waals surface area contributed by atoms with Gasteiger partial charge in [-0.15, -0.1) is 11.6 Å². The van der Waals surface area contributed by atoms with Gasteiger partial charge in [-0.05, 0) is 29.5 Å². The maximum atomic E-state index is 11.6. The van der Waals surface area contributed by atoms with Gasteiger partial charge in [-0.3, -0.25) is 4.79 Å². The first-order valence-corrected chi connectivity index (χ1v) is 6.23. The Morgan fingerprint density at radius 1 is 1.50 bits per heavy atom. The van der Waals surface area contributed by atoms with Gasteiger partial charge in [-0.25, -0.2) is 0 Å². The molecule has 2 nitrogen and oxygen atoms in total. The van der Waals surface area contributed by atoms with Crippen molar-refractivity contribution < 1.29 is 4.79 Å². The van der Waals surface area contributed by atoms with Crippen LogP contribution in [0.15, 0.2) is 18.2 Å². The molecule has 0 radical (unpaired) electrons.